The first-order valence-electron chi connectivity index (χ1n) is 3.86. The van der Waals surface area contributed by atoms with Crippen molar-refractivity contribution in [2.75, 3.05) is 14.1 Å². The fraction of sp³-hybridized carbons (Fsp3) is 0.667. The van der Waals surface area contributed by atoms with E-state index in [4.69, 9.17) is 0 Å². The van der Waals surface area contributed by atoms with E-state index in [1.807, 2.05) is 25.9 Å². The Balaban J connectivity index is 4.41. The lowest BCUT2D eigenvalue weighted by molar-refractivity contribution is 0.581. The highest BCUT2D eigenvalue weighted by atomic mass is 15.2. The third-order valence-electron chi connectivity index (χ3n) is 1.66. The molecule has 0 aliphatic heterocycles. The van der Waals surface area contributed by atoms with Gasteiger partial charge in [0.25, 0.3) is 0 Å². The summed E-state index contributed by atoms with van der Waals surface area (Å²) in [6.45, 7) is 10.1. The number of rotatable bonds is 2. The molecule has 64 valence electrons. The standard InChI is InChI=1S/C9H18N2/c1-7(2)9(10-5)11(6)8(3)4/h7H,3H2,1-2,4-6H3. The highest BCUT2D eigenvalue weighted by Gasteiger charge is 2.09. The van der Waals surface area contributed by atoms with Crippen molar-refractivity contribution in [3.8, 4) is 0 Å². The van der Waals surface area contributed by atoms with Crippen LogP contribution in [0.3, 0.4) is 0 Å². The van der Waals surface area contributed by atoms with Gasteiger partial charge in [0.2, 0.25) is 0 Å². The number of aliphatic imine (C=N–C) groups is 1. The lowest BCUT2D eigenvalue weighted by Crippen LogP contribution is -2.28. The van der Waals surface area contributed by atoms with Crippen molar-refractivity contribution in [3.63, 3.8) is 0 Å². The zero-order valence-electron chi connectivity index (χ0n) is 8.18. The molecule has 0 atom stereocenters. The number of amidine groups is 1. The van der Waals surface area contributed by atoms with Crippen molar-refractivity contribution < 1.29 is 0 Å². The summed E-state index contributed by atoms with van der Waals surface area (Å²) in [7, 11) is 3.80. The van der Waals surface area contributed by atoms with E-state index in [9.17, 15) is 0 Å². The smallest absolute Gasteiger partial charge is 0.105 e. The van der Waals surface area contributed by atoms with Crippen molar-refractivity contribution in [1.82, 2.24) is 4.90 Å². The maximum Gasteiger partial charge on any atom is 0.105 e. The topological polar surface area (TPSA) is 15.6 Å². The molecule has 0 aromatic carbocycles. The first-order chi connectivity index (χ1) is 5.00. The Kier molecular flexibility index (Phi) is 3.86. The second kappa shape index (κ2) is 4.16. The first-order valence-corrected chi connectivity index (χ1v) is 3.86. The number of hydrogen-bond donors (Lipinski definition) is 0. The normalized spacial score (nSPS) is 12.0. The van der Waals surface area contributed by atoms with E-state index in [1.165, 1.54) is 0 Å². The van der Waals surface area contributed by atoms with Crippen molar-refractivity contribution in [2.45, 2.75) is 20.8 Å². The average molecular weight is 154 g/mol. The average Bonchev–Trinajstić information content (AvgIpc) is 1.88. The van der Waals surface area contributed by atoms with Gasteiger partial charge in [-0.15, -0.1) is 0 Å². The van der Waals surface area contributed by atoms with Gasteiger partial charge in [0, 0.05) is 25.7 Å². The van der Waals surface area contributed by atoms with Crippen LogP contribution in [0.1, 0.15) is 20.8 Å². The molecule has 0 heterocycles. The molecule has 0 N–H and O–H groups in total. The Morgan fingerprint density at radius 2 is 1.91 bits per heavy atom. The van der Waals surface area contributed by atoms with Gasteiger partial charge in [0.15, 0.2) is 0 Å². The van der Waals surface area contributed by atoms with Crippen LogP contribution in [0.4, 0.5) is 0 Å². The molecule has 11 heavy (non-hydrogen) atoms. The zero-order chi connectivity index (χ0) is 9.02. The maximum absolute atomic E-state index is 4.19. The molecule has 0 bridgehead atoms. The molecule has 0 aliphatic rings. The van der Waals surface area contributed by atoms with Crippen LogP contribution in [-0.4, -0.2) is 24.8 Å². The maximum atomic E-state index is 4.19. The van der Waals surface area contributed by atoms with Gasteiger partial charge in [-0.25, -0.2) is 0 Å². The Hall–Kier alpha value is -0.790. The van der Waals surface area contributed by atoms with E-state index in [1.54, 1.807) is 0 Å². The molecule has 0 aliphatic carbocycles. The van der Waals surface area contributed by atoms with Gasteiger partial charge in [0.1, 0.15) is 5.84 Å². The number of allylic oxidation sites excluding steroid dienone is 1. The van der Waals surface area contributed by atoms with Crippen LogP contribution in [0, 0.1) is 5.92 Å². The molecular formula is C9H18N2. The highest BCUT2D eigenvalue weighted by Crippen LogP contribution is 2.06. The molecule has 0 aromatic heterocycles. The third kappa shape index (κ3) is 2.74. The molecule has 0 saturated carbocycles. The van der Waals surface area contributed by atoms with Crippen LogP contribution < -0.4 is 0 Å². The quantitative estimate of drug-likeness (QED) is 0.439. The van der Waals surface area contributed by atoms with E-state index in [2.05, 4.69) is 25.4 Å². The van der Waals surface area contributed by atoms with Crippen LogP contribution >= 0.6 is 0 Å². The van der Waals surface area contributed by atoms with Gasteiger partial charge < -0.3 is 4.90 Å². The molecular weight excluding hydrogens is 136 g/mol. The number of hydrogen-bond acceptors (Lipinski definition) is 1. The fourth-order valence-electron chi connectivity index (χ4n) is 0.991. The minimum Gasteiger partial charge on any atom is -0.338 e. The minimum absolute atomic E-state index is 0.460. The molecule has 0 fully saturated rings. The zero-order valence-corrected chi connectivity index (χ0v) is 8.18. The lowest BCUT2D eigenvalue weighted by atomic mass is 10.2. The molecule has 0 saturated heterocycles. The molecule has 0 spiro atoms. The second-order valence-electron chi connectivity index (χ2n) is 3.03. The summed E-state index contributed by atoms with van der Waals surface area (Å²) in [6, 6.07) is 0. The van der Waals surface area contributed by atoms with E-state index in [-0.39, 0.29) is 0 Å². The summed E-state index contributed by atoms with van der Waals surface area (Å²) in [6.07, 6.45) is 0. The SMILES string of the molecule is C=C(C)N(C)C(=NC)C(C)C. The lowest BCUT2D eigenvalue weighted by Gasteiger charge is -2.23. The van der Waals surface area contributed by atoms with Gasteiger partial charge in [0.05, 0.1) is 0 Å². The second-order valence-corrected chi connectivity index (χ2v) is 3.03. The Morgan fingerprint density at radius 1 is 1.45 bits per heavy atom. The molecule has 0 radical (unpaired) electrons. The monoisotopic (exact) mass is 154 g/mol. The predicted molar refractivity (Wildman–Crippen MR) is 50.8 cm³/mol. The summed E-state index contributed by atoms with van der Waals surface area (Å²) < 4.78 is 0. The van der Waals surface area contributed by atoms with Crippen molar-refractivity contribution in [1.29, 1.82) is 0 Å². The van der Waals surface area contributed by atoms with Crippen molar-refractivity contribution >= 4 is 5.84 Å². The molecule has 2 nitrogen and oxygen atoms in total. The van der Waals surface area contributed by atoms with Crippen LogP contribution in [-0.2, 0) is 0 Å². The highest BCUT2D eigenvalue weighted by molar-refractivity contribution is 5.85. The van der Waals surface area contributed by atoms with Crippen LogP contribution in [0.15, 0.2) is 17.3 Å². The van der Waals surface area contributed by atoms with Crippen molar-refractivity contribution in [2.24, 2.45) is 10.9 Å². The molecule has 2 heteroatoms. The predicted octanol–water partition coefficient (Wildman–Crippen LogP) is 2.14. The fourth-order valence-corrected chi connectivity index (χ4v) is 0.991. The summed E-state index contributed by atoms with van der Waals surface area (Å²) in [5, 5.41) is 0. The summed E-state index contributed by atoms with van der Waals surface area (Å²) >= 11 is 0. The van der Waals surface area contributed by atoms with Crippen molar-refractivity contribution in [3.05, 3.63) is 12.3 Å². The Labute approximate surface area is 69.6 Å². The van der Waals surface area contributed by atoms with E-state index in [0.29, 0.717) is 5.92 Å². The van der Waals surface area contributed by atoms with E-state index >= 15 is 0 Å². The van der Waals surface area contributed by atoms with Gasteiger partial charge in [-0.2, -0.15) is 0 Å². The summed E-state index contributed by atoms with van der Waals surface area (Å²) in [5.41, 5.74) is 1.03. The van der Waals surface area contributed by atoms with Crippen LogP contribution in [0.2, 0.25) is 0 Å². The number of nitrogens with zero attached hydrogens (tertiary/aromatic N) is 2. The summed E-state index contributed by atoms with van der Waals surface area (Å²) in [4.78, 5) is 6.21. The van der Waals surface area contributed by atoms with E-state index in [0.717, 1.165) is 11.5 Å². The molecule has 0 unspecified atom stereocenters. The molecule has 0 rings (SSSR count). The summed E-state index contributed by atoms with van der Waals surface area (Å²) in [5.74, 6) is 1.54. The largest absolute Gasteiger partial charge is 0.338 e. The molecule has 0 amide bonds. The third-order valence-corrected chi connectivity index (χ3v) is 1.66. The van der Waals surface area contributed by atoms with Gasteiger partial charge in [-0.3, -0.25) is 4.99 Å². The minimum atomic E-state index is 0.460. The Bertz CT molecular complexity index is 168. The van der Waals surface area contributed by atoms with E-state index < -0.39 is 0 Å². The van der Waals surface area contributed by atoms with Crippen LogP contribution in [0.25, 0.3) is 0 Å². The Morgan fingerprint density at radius 3 is 2.00 bits per heavy atom. The van der Waals surface area contributed by atoms with Gasteiger partial charge >= 0.3 is 0 Å². The molecule has 0 aromatic rings. The van der Waals surface area contributed by atoms with Gasteiger partial charge in [-0.1, -0.05) is 20.4 Å². The van der Waals surface area contributed by atoms with Crippen LogP contribution in [0.5, 0.6) is 0 Å². The first kappa shape index (κ1) is 10.2. The van der Waals surface area contributed by atoms with Gasteiger partial charge in [-0.05, 0) is 6.92 Å².